The number of piperidine rings is 1. The van der Waals surface area contributed by atoms with Crippen LogP contribution in [-0.2, 0) is 0 Å². The molecule has 4 atom stereocenters. The monoisotopic (exact) mass is 414 g/mol. The van der Waals surface area contributed by atoms with Gasteiger partial charge in [-0.05, 0) is 44.0 Å². The molecule has 3 aromatic rings. The topological polar surface area (TPSA) is 81.2 Å². The minimum atomic E-state index is -0.904. The van der Waals surface area contributed by atoms with E-state index < -0.39 is 6.17 Å². The molecule has 0 aliphatic carbocycles. The summed E-state index contributed by atoms with van der Waals surface area (Å²) in [6.07, 6.45) is 5.35. The highest BCUT2D eigenvalue weighted by atomic mass is 32.1. The maximum atomic E-state index is 15.1. The molecule has 2 N–H and O–H groups in total. The second-order valence-corrected chi connectivity index (χ2v) is 8.89. The summed E-state index contributed by atoms with van der Waals surface area (Å²) in [5.41, 5.74) is 2.38. The van der Waals surface area contributed by atoms with Gasteiger partial charge in [-0.3, -0.25) is 10.00 Å². The summed E-state index contributed by atoms with van der Waals surface area (Å²) in [4.78, 5) is 4.13. The van der Waals surface area contributed by atoms with E-state index in [1.54, 1.807) is 18.5 Å². The van der Waals surface area contributed by atoms with Crippen LogP contribution in [0.5, 0.6) is 5.75 Å². The predicted octanol–water partition coefficient (Wildman–Crippen LogP) is 3.31. The summed E-state index contributed by atoms with van der Waals surface area (Å²) < 4.78 is 15.1. The van der Waals surface area contributed by atoms with Crippen molar-refractivity contribution in [3.63, 3.8) is 0 Å². The highest BCUT2D eigenvalue weighted by Crippen LogP contribution is 2.41. The SMILES string of the molecule is CN(c1nnc(-c2ccc(-c3cn[nH]c3)cc2O)s1)[C@H]1C[C@@H]2CC[C@H]([C@H]1F)N2C. The summed E-state index contributed by atoms with van der Waals surface area (Å²) in [6.45, 7) is 0. The van der Waals surface area contributed by atoms with Crippen molar-refractivity contribution in [1.29, 1.82) is 0 Å². The van der Waals surface area contributed by atoms with Gasteiger partial charge in [0.25, 0.3) is 0 Å². The molecule has 152 valence electrons. The molecule has 0 unspecified atom stereocenters. The van der Waals surface area contributed by atoms with Crippen molar-refractivity contribution in [3.8, 4) is 27.4 Å². The summed E-state index contributed by atoms with van der Waals surface area (Å²) in [7, 11) is 3.93. The number of aromatic nitrogens is 4. The standard InChI is InChI=1S/C20H23FN6OS/c1-26-13-4-6-15(26)18(21)16(8-13)27(2)20-25-24-19(29-20)14-5-3-11(7-17(14)28)12-9-22-23-10-12/h3,5,7,9-10,13,15-16,18,28H,4,6,8H2,1-2H3,(H,22,23)/t13-,15+,16-,18+/m0/s1. The zero-order valence-electron chi connectivity index (χ0n) is 16.3. The number of hydrogen-bond acceptors (Lipinski definition) is 7. The molecule has 2 aliphatic heterocycles. The Balaban J connectivity index is 1.38. The Labute approximate surface area is 172 Å². The normalized spacial score (nSPS) is 26.7. The van der Waals surface area contributed by atoms with Crippen LogP contribution in [-0.4, -0.2) is 68.8 Å². The van der Waals surface area contributed by atoms with Gasteiger partial charge < -0.3 is 10.0 Å². The van der Waals surface area contributed by atoms with Crippen molar-refractivity contribution in [1.82, 2.24) is 25.3 Å². The molecule has 29 heavy (non-hydrogen) atoms. The number of rotatable bonds is 4. The number of H-pyrrole nitrogens is 1. The third kappa shape index (κ3) is 3.08. The molecule has 2 fully saturated rings. The lowest BCUT2D eigenvalue weighted by Crippen LogP contribution is -2.56. The van der Waals surface area contributed by atoms with E-state index in [1.807, 2.05) is 31.1 Å². The number of halogens is 1. The van der Waals surface area contributed by atoms with Crippen molar-refractivity contribution < 1.29 is 9.50 Å². The number of phenols is 1. The fraction of sp³-hybridized carbons (Fsp3) is 0.450. The van der Waals surface area contributed by atoms with E-state index in [0.717, 1.165) is 30.4 Å². The van der Waals surface area contributed by atoms with E-state index in [4.69, 9.17) is 0 Å². The molecule has 2 aromatic heterocycles. The van der Waals surface area contributed by atoms with Gasteiger partial charge in [-0.15, -0.1) is 10.2 Å². The van der Waals surface area contributed by atoms with E-state index in [9.17, 15) is 5.11 Å². The number of nitrogens with zero attached hydrogens (tertiary/aromatic N) is 5. The van der Waals surface area contributed by atoms with Gasteiger partial charge in [0.2, 0.25) is 5.13 Å². The number of aromatic amines is 1. The van der Waals surface area contributed by atoms with Crippen LogP contribution in [0.2, 0.25) is 0 Å². The maximum absolute atomic E-state index is 15.1. The van der Waals surface area contributed by atoms with Crippen molar-refractivity contribution >= 4 is 16.5 Å². The van der Waals surface area contributed by atoms with Crippen molar-refractivity contribution in [2.24, 2.45) is 0 Å². The Kier molecular flexibility index (Phi) is 4.51. The van der Waals surface area contributed by atoms with Gasteiger partial charge in [-0.1, -0.05) is 17.4 Å². The molecule has 9 heteroatoms. The first-order valence-electron chi connectivity index (χ1n) is 9.78. The Bertz CT molecular complexity index is 1010. The highest BCUT2D eigenvalue weighted by molar-refractivity contribution is 7.18. The predicted molar refractivity (Wildman–Crippen MR) is 111 cm³/mol. The van der Waals surface area contributed by atoms with Crippen molar-refractivity contribution in [2.75, 3.05) is 19.0 Å². The summed E-state index contributed by atoms with van der Waals surface area (Å²) in [6, 6.07) is 5.67. The molecule has 0 radical (unpaired) electrons. The summed E-state index contributed by atoms with van der Waals surface area (Å²) in [5.74, 6) is 0.134. The lowest BCUT2D eigenvalue weighted by molar-refractivity contribution is 0.0703. The first-order valence-corrected chi connectivity index (χ1v) is 10.6. The molecule has 1 aromatic carbocycles. The molecule has 0 amide bonds. The van der Waals surface area contributed by atoms with Crippen LogP contribution in [0.15, 0.2) is 30.6 Å². The molecular formula is C20H23FN6OS. The van der Waals surface area contributed by atoms with Crippen molar-refractivity contribution in [3.05, 3.63) is 30.6 Å². The first kappa shape index (κ1) is 18.5. The van der Waals surface area contributed by atoms with Gasteiger partial charge >= 0.3 is 0 Å². The number of alkyl halides is 1. The molecule has 2 bridgehead atoms. The Hall–Kier alpha value is -2.52. The Morgan fingerprint density at radius 3 is 2.90 bits per heavy atom. The number of aromatic hydroxyl groups is 1. The lowest BCUT2D eigenvalue weighted by Gasteiger charge is -2.42. The fourth-order valence-electron chi connectivity index (χ4n) is 4.66. The van der Waals surface area contributed by atoms with E-state index in [-0.39, 0.29) is 17.8 Å². The van der Waals surface area contributed by atoms with E-state index in [2.05, 4.69) is 25.3 Å². The van der Waals surface area contributed by atoms with Gasteiger partial charge in [0.15, 0.2) is 5.01 Å². The van der Waals surface area contributed by atoms with Crippen LogP contribution in [0.1, 0.15) is 19.3 Å². The minimum absolute atomic E-state index is 0.00639. The van der Waals surface area contributed by atoms with Gasteiger partial charge in [0.05, 0.1) is 17.8 Å². The van der Waals surface area contributed by atoms with Gasteiger partial charge in [0, 0.05) is 30.9 Å². The van der Waals surface area contributed by atoms with Crippen LogP contribution in [0.3, 0.4) is 0 Å². The van der Waals surface area contributed by atoms with E-state index in [0.29, 0.717) is 21.7 Å². The number of fused-ring (bicyclic) bond motifs is 2. The average molecular weight is 415 g/mol. The smallest absolute Gasteiger partial charge is 0.208 e. The summed E-state index contributed by atoms with van der Waals surface area (Å²) in [5, 5.41) is 27.1. The molecule has 5 rings (SSSR count). The van der Waals surface area contributed by atoms with Crippen molar-refractivity contribution in [2.45, 2.75) is 43.6 Å². The Morgan fingerprint density at radius 2 is 2.14 bits per heavy atom. The van der Waals surface area contributed by atoms with E-state index in [1.165, 1.54) is 11.3 Å². The number of hydrogen-bond donors (Lipinski definition) is 2. The number of nitrogens with one attached hydrogen (secondary N) is 1. The molecule has 2 aliphatic rings. The second kappa shape index (κ2) is 7.07. The Morgan fingerprint density at radius 1 is 1.28 bits per heavy atom. The quantitative estimate of drug-likeness (QED) is 0.682. The van der Waals surface area contributed by atoms with E-state index >= 15 is 4.39 Å². The third-order valence-electron chi connectivity index (χ3n) is 6.42. The van der Waals surface area contributed by atoms with Crippen LogP contribution in [0, 0.1) is 0 Å². The number of benzene rings is 1. The molecule has 7 nitrogen and oxygen atoms in total. The molecule has 4 heterocycles. The maximum Gasteiger partial charge on any atom is 0.208 e. The number of phenolic OH excluding ortho intramolecular Hbond substituents is 1. The van der Waals surface area contributed by atoms with Crippen LogP contribution in [0.25, 0.3) is 21.7 Å². The van der Waals surface area contributed by atoms with Gasteiger partial charge in [0.1, 0.15) is 11.9 Å². The van der Waals surface area contributed by atoms with Crippen LogP contribution in [0.4, 0.5) is 9.52 Å². The molecule has 0 spiro atoms. The van der Waals surface area contributed by atoms with Crippen LogP contribution < -0.4 is 4.90 Å². The molecule has 0 saturated carbocycles. The highest BCUT2D eigenvalue weighted by Gasteiger charge is 2.47. The lowest BCUT2D eigenvalue weighted by atomic mass is 9.95. The zero-order valence-corrected chi connectivity index (χ0v) is 17.1. The van der Waals surface area contributed by atoms with Gasteiger partial charge in [-0.25, -0.2) is 4.39 Å². The van der Waals surface area contributed by atoms with Crippen LogP contribution >= 0.6 is 11.3 Å². The third-order valence-corrected chi connectivity index (χ3v) is 7.46. The zero-order chi connectivity index (χ0) is 20.1. The summed E-state index contributed by atoms with van der Waals surface area (Å²) >= 11 is 1.38. The average Bonchev–Trinajstić information content (AvgIpc) is 3.45. The van der Waals surface area contributed by atoms with Gasteiger partial charge in [-0.2, -0.15) is 5.10 Å². The minimum Gasteiger partial charge on any atom is -0.507 e. The largest absolute Gasteiger partial charge is 0.507 e. The first-order chi connectivity index (χ1) is 14.0. The molecular weight excluding hydrogens is 391 g/mol. The molecule has 2 saturated heterocycles. The number of anilines is 1. The fourth-order valence-corrected chi connectivity index (χ4v) is 5.55. The second-order valence-electron chi connectivity index (χ2n) is 7.93.